The molecule has 0 fully saturated rings. The van der Waals surface area contributed by atoms with Gasteiger partial charge in [-0.2, -0.15) is 0 Å². The lowest BCUT2D eigenvalue weighted by Gasteiger charge is -2.08. The van der Waals surface area contributed by atoms with Crippen LogP contribution in [0, 0.1) is 0 Å². The van der Waals surface area contributed by atoms with Crippen LogP contribution in [-0.2, 0) is 4.79 Å². The van der Waals surface area contributed by atoms with Gasteiger partial charge in [-0.3, -0.25) is 4.79 Å². The molecule has 0 aliphatic heterocycles. The first-order chi connectivity index (χ1) is 12.1. The average molecular weight is 374 g/mol. The Hall–Kier alpha value is -2.57. The SMILES string of the molecule is CNc1nc(-c2cccc(NC(=O)COc3ccc(Cl)cc3)c2)cs1. The van der Waals surface area contributed by atoms with Gasteiger partial charge >= 0.3 is 0 Å². The molecule has 1 aromatic heterocycles. The minimum Gasteiger partial charge on any atom is -0.484 e. The van der Waals surface area contributed by atoms with Crippen molar-refractivity contribution in [2.24, 2.45) is 0 Å². The van der Waals surface area contributed by atoms with Crippen LogP contribution >= 0.6 is 22.9 Å². The molecular weight excluding hydrogens is 358 g/mol. The first-order valence-electron chi connectivity index (χ1n) is 7.56. The Morgan fingerprint density at radius 2 is 2.04 bits per heavy atom. The molecule has 0 aliphatic carbocycles. The van der Waals surface area contributed by atoms with Crippen molar-refractivity contribution in [3.05, 3.63) is 58.9 Å². The van der Waals surface area contributed by atoms with Gasteiger partial charge in [-0.25, -0.2) is 4.98 Å². The molecular formula is C18H16ClN3O2S. The molecule has 0 radical (unpaired) electrons. The van der Waals surface area contributed by atoms with E-state index in [4.69, 9.17) is 16.3 Å². The molecule has 3 aromatic rings. The maximum atomic E-state index is 12.1. The Labute approximate surface area is 154 Å². The molecule has 0 spiro atoms. The molecule has 2 N–H and O–H groups in total. The van der Waals surface area contributed by atoms with Gasteiger partial charge in [0.05, 0.1) is 5.69 Å². The van der Waals surface area contributed by atoms with Crippen molar-refractivity contribution in [1.82, 2.24) is 4.98 Å². The maximum Gasteiger partial charge on any atom is 0.262 e. The van der Waals surface area contributed by atoms with Gasteiger partial charge in [-0.05, 0) is 36.4 Å². The number of halogens is 1. The summed E-state index contributed by atoms with van der Waals surface area (Å²) in [6.07, 6.45) is 0. The second-order valence-corrected chi connectivity index (χ2v) is 6.45. The molecule has 7 heteroatoms. The van der Waals surface area contributed by atoms with Crippen molar-refractivity contribution < 1.29 is 9.53 Å². The van der Waals surface area contributed by atoms with Gasteiger partial charge in [0.15, 0.2) is 11.7 Å². The summed E-state index contributed by atoms with van der Waals surface area (Å²) in [7, 11) is 1.83. The zero-order chi connectivity index (χ0) is 17.6. The van der Waals surface area contributed by atoms with Crippen LogP contribution in [0.5, 0.6) is 5.75 Å². The highest BCUT2D eigenvalue weighted by Gasteiger charge is 2.07. The number of benzene rings is 2. The molecule has 2 aromatic carbocycles. The van der Waals surface area contributed by atoms with Gasteiger partial charge in [-0.15, -0.1) is 11.3 Å². The van der Waals surface area contributed by atoms with E-state index in [2.05, 4.69) is 15.6 Å². The number of nitrogens with zero attached hydrogens (tertiary/aromatic N) is 1. The standard InChI is InChI=1S/C18H16ClN3O2S/c1-20-18-22-16(11-25-18)12-3-2-4-14(9-12)21-17(23)10-24-15-7-5-13(19)6-8-15/h2-9,11H,10H2,1H3,(H,20,22)(H,21,23). The largest absolute Gasteiger partial charge is 0.484 e. The summed E-state index contributed by atoms with van der Waals surface area (Å²) < 4.78 is 5.44. The first-order valence-corrected chi connectivity index (χ1v) is 8.82. The summed E-state index contributed by atoms with van der Waals surface area (Å²) in [6.45, 7) is -0.0769. The summed E-state index contributed by atoms with van der Waals surface area (Å²) in [5.74, 6) is 0.358. The minimum atomic E-state index is -0.235. The monoisotopic (exact) mass is 373 g/mol. The smallest absolute Gasteiger partial charge is 0.262 e. The maximum absolute atomic E-state index is 12.1. The molecule has 0 saturated heterocycles. The minimum absolute atomic E-state index is 0.0769. The van der Waals surface area contributed by atoms with Crippen LogP contribution in [-0.4, -0.2) is 24.5 Å². The van der Waals surface area contributed by atoms with E-state index in [1.807, 2.05) is 36.7 Å². The quantitative estimate of drug-likeness (QED) is 0.666. The molecule has 0 saturated carbocycles. The highest BCUT2D eigenvalue weighted by molar-refractivity contribution is 7.14. The summed E-state index contributed by atoms with van der Waals surface area (Å²) >= 11 is 7.35. The van der Waals surface area contributed by atoms with E-state index in [1.165, 1.54) is 11.3 Å². The fourth-order valence-corrected chi connectivity index (χ4v) is 2.96. The van der Waals surface area contributed by atoms with E-state index >= 15 is 0 Å². The number of carbonyl (C=O) groups excluding carboxylic acids is 1. The third-order valence-electron chi connectivity index (χ3n) is 3.34. The van der Waals surface area contributed by atoms with Crippen LogP contribution in [0.15, 0.2) is 53.9 Å². The Bertz CT molecular complexity index is 865. The number of aromatic nitrogens is 1. The van der Waals surface area contributed by atoms with Crippen molar-refractivity contribution in [3.8, 4) is 17.0 Å². The lowest BCUT2D eigenvalue weighted by molar-refractivity contribution is -0.118. The number of carbonyl (C=O) groups is 1. The van der Waals surface area contributed by atoms with Crippen LogP contribution in [0.3, 0.4) is 0 Å². The van der Waals surface area contributed by atoms with Crippen molar-refractivity contribution >= 4 is 39.7 Å². The number of thiazole rings is 1. The van der Waals surface area contributed by atoms with Gasteiger partial charge in [0, 0.05) is 28.7 Å². The zero-order valence-corrected chi connectivity index (χ0v) is 15.0. The molecule has 0 bridgehead atoms. The van der Waals surface area contributed by atoms with Crippen LogP contribution in [0.25, 0.3) is 11.3 Å². The van der Waals surface area contributed by atoms with Crippen molar-refractivity contribution in [1.29, 1.82) is 0 Å². The number of hydrogen-bond donors (Lipinski definition) is 2. The first kappa shape index (κ1) is 17.3. The second kappa shape index (κ2) is 8.00. The molecule has 0 atom stereocenters. The molecule has 0 unspecified atom stereocenters. The molecule has 0 aliphatic rings. The molecule has 25 heavy (non-hydrogen) atoms. The molecule has 3 rings (SSSR count). The Morgan fingerprint density at radius 3 is 2.76 bits per heavy atom. The van der Waals surface area contributed by atoms with Gasteiger partial charge in [-0.1, -0.05) is 23.7 Å². The van der Waals surface area contributed by atoms with E-state index in [9.17, 15) is 4.79 Å². The van der Waals surface area contributed by atoms with Gasteiger partial charge in [0.25, 0.3) is 5.91 Å². The molecule has 1 amide bonds. The molecule has 128 valence electrons. The van der Waals surface area contributed by atoms with Gasteiger partial charge < -0.3 is 15.4 Å². The van der Waals surface area contributed by atoms with E-state index in [0.29, 0.717) is 16.5 Å². The predicted octanol–water partition coefficient (Wildman–Crippen LogP) is 4.52. The Morgan fingerprint density at radius 1 is 1.24 bits per heavy atom. The summed E-state index contributed by atoms with van der Waals surface area (Å²) in [4.78, 5) is 16.5. The zero-order valence-electron chi connectivity index (χ0n) is 13.5. The van der Waals surface area contributed by atoms with E-state index in [0.717, 1.165) is 16.4 Å². The van der Waals surface area contributed by atoms with Gasteiger partial charge in [0.2, 0.25) is 0 Å². The van der Waals surface area contributed by atoms with Crippen molar-refractivity contribution in [2.75, 3.05) is 24.3 Å². The predicted molar refractivity (Wildman–Crippen MR) is 103 cm³/mol. The third kappa shape index (κ3) is 4.71. The van der Waals surface area contributed by atoms with Crippen LogP contribution in [0.1, 0.15) is 0 Å². The summed E-state index contributed by atoms with van der Waals surface area (Å²) in [5, 5.41) is 9.28. The van der Waals surface area contributed by atoms with Crippen LogP contribution in [0.2, 0.25) is 5.02 Å². The van der Waals surface area contributed by atoms with E-state index < -0.39 is 0 Å². The number of anilines is 2. The topological polar surface area (TPSA) is 63.2 Å². The van der Waals surface area contributed by atoms with Crippen LogP contribution in [0.4, 0.5) is 10.8 Å². The highest BCUT2D eigenvalue weighted by atomic mass is 35.5. The number of hydrogen-bond acceptors (Lipinski definition) is 5. The normalized spacial score (nSPS) is 10.3. The van der Waals surface area contributed by atoms with Crippen LogP contribution < -0.4 is 15.4 Å². The van der Waals surface area contributed by atoms with Gasteiger partial charge in [0.1, 0.15) is 5.75 Å². The summed E-state index contributed by atoms with van der Waals surface area (Å²) in [6, 6.07) is 14.4. The summed E-state index contributed by atoms with van der Waals surface area (Å²) in [5.41, 5.74) is 2.50. The third-order valence-corrected chi connectivity index (χ3v) is 4.46. The molecule has 1 heterocycles. The fourth-order valence-electron chi connectivity index (χ4n) is 2.15. The van der Waals surface area contributed by atoms with E-state index in [1.54, 1.807) is 24.3 Å². The Kier molecular flexibility index (Phi) is 5.53. The second-order valence-electron chi connectivity index (χ2n) is 5.16. The molecule has 5 nitrogen and oxygen atoms in total. The number of amides is 1. The van der Waals surface area contributed by atoms with Crippen molar-refractivity contribution in [2.45, 2.75) is 0 Å². The lowest BCUT2D eigenvalue weighted by Crippen LogP contribution is -2.20. The highest BCUT2D eigenvalue weighted by Crippen LogP contribution is 2.26. The average Bonchev–Trinajstić information content (AvgIpc) is 3.11. The number of nitrogens with one attached hydrogen (secondary N) is 2. The number of rotatable bonds is 6. The number of ether oxygens (including phenoxy) is 1. The fraction of sp³-hybridized carbons (Fsp3) is 0.111. The lowest BCUT2D eigenvalue weighted by atomic mass is 10.1. The van der Waals surface area contributed by atoms with Crippen molar-refractivity contribution in [3.63, 3.8) is 0 Å². The Balaban J connectivity index is 1.61. The van der Waals surface area contributed by atoms with E-state index in [-0.39, 0.29) is 12.5 Å².